The molecule has 0 spiro atoms. The van der Waals surface area contributed by atoms with E-state index in [0.717, 1.165) is 18.4 Å². The van der Waals surface area contributed by atoms with Crippen LogP contribution >= 0.6 is 24.0 Å². The number of halogens is 1. The lowest BCUT2D eigenvalue weighted by molar-refractivity contribution is 0.0436. The van der Waals surface area contributed by atoms with Crippen LogP contribution in [0.4, 0.5) is 0 Å². The molecule has 1 aromatic heterocycles. The van der Waals surface area contributed by atoms with E-state index in [9.17, 15) is 5.11 Å². The zero-order valence-corrected chi connectivity index (χ0v) is 16.7. The number of hydrogen-bond donors (Lipinski definition) is 3. The molecule has 0 radical (unpaired) electrons. The maximum Gasteiger partial charge on any atom is 0.191 e. The molecule has 1 saturated carbocycles. The van der Waals surface area contributed by atoms with Gasteiger partial charge in [0.05, 0.1) is 12.8 Å². The minimum atomic E-state index is -1.09. The standard InChI is InChI=1S/C17H29N3O2.HI/c1-4-18-16(20-14-8-5-7-13(2)11-14)19-12-17(3,21)15-9-6-10-22-15;/h6,9-10,13-14,21H,4-5,7-8,11-12H2,1-3H3,(H2,18,19,20);1H. The summed E-state index contributed by atoms with van der Waals surface area (Å²) in [4.78, 5) is 4.54. The summed E-state index contributed by atoms with van der Waals surface area (Å²) in [6.07, 6.45) is 6.52. The minimum Gasteiger partial charge on any atom is -0.466 e. The number of furan rings is 1. The van der Waals surface area contributed by atoms with Crippen LogP contribution in [0, 0.1) is 5.92 Å². The summed E-state index contributed by atoms with van der Waals surface area (Å²) in [6, 6.07) is 4.02. The monoisotopic (exact) mass is 435 g/mol. The van der Waals surface area contributed by atoms with Crippen LogP contribution in [0.2, 0.25) is 0 Å². The van der Waals surface area contributed by atoms with Crippen molar-refractivity contribution in [1.82, 2.24) is 10.6 Å². The lowest BCUT2D eigenvalue weighted by Gasteiger charge is -2.29. The minimum absolute atomic E-state index is 0. The Balaban J connectivity index is 0.00000264. The Morgan fingerprint density at radius 1 is 1.48 bits per heavy atom. The van der Waals surface area contributed by atoms with Gasteiger partial charge in [-0.3, -0.25) is 0 Å². The van der Waals surface area contributed by atoms with Gasteiger partial charge < -0.3 is 20.2 Å². The lowest BCUT2D eigenvalue weighted by Crippen LogP contribution is -2.45. The molecule has 3 N–H and O–H groups in total. The number of nitrogens with zero attached hydrogens (tertiary/aromatic N) is 1. The average Bonchev–Trinajstić information content (AvgIpc) is 3.00. The first kappa shape index (κ1) is 20.3. The van der Waals surface area contributed by atoms with Crippen LogP contribution in [0.25, 0.3) is 0 Å². The highest BCUT2D eigenvalue weighted by Gasteiger charge is 2.26. The fourth-order valence-electron chi connectivity index (χ4n) is 2.97. The largest absolute Gasteiger partial charge is 0.466 e. The molecule has 0 saturated heterocycles. The van der Waals surface area contributed by atoms with Crippen molar-refractivity contribution in [1.29, 1.82) is 0 Å². The maximum atomic E-state index is 10.5. The predicted molar refractivity (Wildman–Crippen MR) is 104 cm³/mol. The SMILES string of the molecule is CCNC(=NCC(C)(O)c1ccco1)NC1CCCC(C)C1.I. The van der Waals surface area contributed by atoms with Gasteiger partial charge in [0.15, 0.2) is 5.96 Å². The lowest BCUT2D eigenvalue weighted by atomic mass is 9.87. The van der Waals surface area contributed by atoms with E-state index in [-0.39, 0.29) is 30.5 Å². The zero-order valence-electron chi connectivity index (χ0n) is 14.3. The third-order valence-corrected chi connectivity index (χ3v) is 4.22. The van der Waals surface area contributed by atoms with E-state index in [2.05, 4.69) is 22.5 Å². The van der Waals surface area contributed by atoms with Crippen molar-refractivity contribution in [2.75, 3.05) is 13.1 Å². The first-order chi connectivity index (χ1) is 10.5. The number of guanidine groups is 1. The first-order valence-corrected chi connectivity index (χ1v) is 8.32. The highest BCUT2D eigenvalue weighted by atomic mass is 127. The second-order valence-corrected chi connectivity index (χ2v) is 6.56. The molecule has 3 unspecified atom stereocenters. The highest BCUT2D eigenvalue weighted by Crippen LogP contribution is 2.24. The zero-order chi connectivity index (χ0) is 16.0. The summed E-state index contributed by atoms with van der Waals surface area (Å²) in [7, 11) is 0. The van der Waals surface area contributed by atoms with Crippen molar-refractivity contribution in [3.05, 3.63) is 24.2 Å². The smallest absolute Gasteiger partial charge is 0.191 e. The molecule has 2 rings (SSSR count). The summed E-state index contributed by atoms with van der Waals surface area (Å²) < 4.78 is 5.29. The van der Waals surface area contributed by atoms with Gasteiger partial charge in [0.25, 0.3) is 0 Å². The van der Waals surface area contributed by atoms with E-state index >= 15 is 0 Å². The Morgan fingerprint density at radius 2 is 2.26 bits per heavy atom. The molecule has 3 atom stereocenters. The normalized spacial score (nSPS) is 24.4. The van der Waals surface area contributed by atoms with E-state index in [4.69, 9.17) is 4.42 Å². The number of hydrogen-bond acceptors (Lipinski definition) is 3. The van der Waals surface area contributed by atoms with Crippen LogP contribution in [0.3, 0.4) is 0 Å². The van der Waals surface area contributed by atoms with Gasteiger partial charge in [-0.05, 0) is 44.7 Å². The van der Waals surface area contributed by atoms with E-state index in [1.165, 1.54) is 25.7 Å². The van der Waals surface area contributed by atoms with Crippen LogP contribution in [0.1, 0.15) is 52.2 Å². The Morgan fingerprint density at radius 3 is 2.87 bits per heavy atom. The Labute approximate surface area is 156 Å². The number of nitrogens with one attached hydrogen (secondary N) is 2. The van der Waals surface area contributed by atoms with Crippen molar-refractivity contribution in [2.45, 2.75) is 58.1 Å². The molecular formula is C17H30IN3O2. The summed E-state index contributed by atoms with van der Waals surface area (Å²) in [6.45, 7) is 7.14. The van der Waals surface area contributed by atoms with Gasteiger partial charge in [-0.25, -0.2) is 4.99 Å². The Kier molecular flexibility index (Phi) is 8.39. The first-order valence-electron chi connectivity index (χ1n) is 8.32. The van der Waals surface area contributed by atoms with E-state index < -0.39 is 5.60 Å². The molecule has 23 heavy (non-hydrogen) atoms. The van der Waals surface area contributed by atoms with Crippen molar-refractivity contribution in [2.24, 2.45) is 10.9 Å². The van der Waals surface area contributed by atoms with Crippen LogP contribution in [0.5, 0.6) is 0 Å². The van der Waals surface area contributed by atoms with E-state index in [0.29, 0.717) is 11.8 Å². The molecule has 1 aromatic rings. The molecular weight excluding hydrogens is 405 g/mol. The second kappa shape index (κ2) is 9.52. The fraction of sp³-hybridized carbons (Fsp3) is 0.706. The van der Waals surface area contributed by atoms with Gasteiger partial charge in [-0.2, -0.15) is 0 Å². The van der Waals surface area contributed by atoms with Crippen molar-refractivity contribution in [3.63, 3.8) is 0 Å². The quantitative estimate of drug-likeness (QED) is 0.378. The molecule has 1 fully saturated rings. The summed E-state index contributed by atoms with van der Waals surface area (Å²) >= 11 is 0. The van der Waals surface area contributed by atoms with Crippen LogP contribution < -0.4 is 10.6 Å². The van der Waals surface area contributed by atoms with Crippen LogP contribution in [0.15, 0.2) is 27.8 Å². The molecule has 0 aromatic carbocycles. The second-order valence-electron chi connectivity index (χ2n) is 6.56. The fourth-order valence-corrected chi connectivity index (χ4v) is 2.97. The van der Waals surface area contributed by atoms with Gasteiger partial charge in [0.1, 0.15) is 11.4 Å². The van der Waals surface area contributed by atoms with Gasteiger partial charge in [-0.15, -0.1) is 24.0 Å². The Hall–Kier alpha value is -0.760. The van der Waals surface area contributed by atoms with E-state index in [1.807, 2.05) is 6.92 Å². The molecule has 0 amide bonds. The molecule has 1 heterocycles. The molecule has 5 nitrogen and oxygen atoms in total. The summed E-state index contributed by atoms with van der Waals surface area (Å²) in [5.74, 6) is 2.08. The third-order valence-electron chi connectivity index (χ3n) is 4.22. The van der Waals surface area contributed by atoms with Crippen molar-refractivity contribution in [3.8, 4) is 0 Å². The molecule has 1 aliphatic rings. The predicted octanol–water partition coefficient (Wildman–Crippen LogP) is 3.24. The topological polar surface area (TPSA) is 69.8 Å². The summed E-state index contributed by atoms with van der Waals surface area (Å²) in [5.41, 5.74) is -1.09. The summed E-state index contributed by atoms with van der Waals surface area (Å²) in [5, 5.41) is 17.2. The van der Waals surface area contributed by atoms with Gasteiger partial charge in [0, 0.05) is 12.6 Å². The molecule has 0 bridgehead atoms. The molecule has 132 valence electrons. The Bertz CT molecular complexity index is 474. The van der Waals surface area contributed by atoms with E-state index in [1.54, 1.807) is 25.3 Å². The van der Waals surface area contributed by atoms with Crippen molar-refractivity contribution < 1.29 is 9.52 Å². The average molecular weight is 435 g/mol. The van der Waals surface area contributed by atoms with Gasteiger partial charge in [0.2, 0.25) is 0 Å². The number of aliphatic imine (C=N–C) groups is 1. The number of aliphatic hydroxyl groups is 1. The molecule has 0 aliphatic heterocycles. The number of rotatable bonds is 5. The van der Waals surface area contributed by atoms with Gasteiger partial charge in [-0.1, -0.05) is 19.8 Å². The maximum absolute atomic E-state index is 10.5. The highest BCUT2D eigenvalue weighted by molar-refractivity contribution is 14.0. The molecule has 1 aliphatic carbocycles. The van der Waals surface area contributed by atoms with Crippen LogP contribution in [-0.4, -0.2) is 30.2 Å². The third kappa shape index (κ3) is 6.33. The van der Waals surface area contributed by atoms with Gasteiger partial charge >= 0.3 is 0 Å². The molecule has 6 heteroatoms. The van der Waals surface area contributed by atoms with Crippen molar-refractivity contribution >= 4 is 29.9 Å². The van der Waals surface area contributed by atoms with Crippen LogP contribution in [-0.2, 0) is 5.60 Å².